The van der Waals surface area contributed by atoms with Crippen LogP contribution >= 0.6 is 0 Å². The summed E-state index contributed by atoms with van der Waals surface area (Å²) in [5.41, 5.74) is 5.85. The molecular formula is C23H40. The summed E-state index contributed by atoms with van der Waals surface area (Å²) in [6.07, 6.45) is 14.5. The van der Waals surface area contributed by atoms with Crippen LogP contribution in [0.25, 0.3) is 0 Å². The Bertz CT molecular complexity index is 411. The Morgan fingerprint density at radius 3 is 2.04 bits per heavy atom. The van der Waals surface area contributed by atoms with Crippen molar-refractivity contribution >= 4 is 0 Å². The van der Waals surface area contributed by atoms with Gasteiger partial charge in [0.25, 0.3) is 0 Å². The van der Waals surface area contributed by atoms with Crippen molar-refractivity contribution in [3.05, 3.63) is 59.8 Å². The van der Waals surface area contributed by atoms with Gasteiger partial charge in [0.15, 0.2) is 0 Å². The maximum atomic E-state index is 3.82. The predicted molar refractivity (Wildman–Crippen MR) is 110 cm³/mol. The standard InChI is InChI=1S/C12H20.C9H14.C2H6/c1-6-11(7-2)9-12(8-3)10(4)5;1-3-9-6-4-8(2)5-7-9;1-2/h6,8,11H,1,3,7,9H2,2,4-5H3;4,6H,3,5,7H2,1-2H3;1-2H3. The van der Waals surface area contributed by atoms with Crippen molar-refractivity contribution in [2.75, 3.05) is 0 Å². The first-order valence-corrected chi connectivity index (χ1v) is 9.24. The molecule has 1 aliphatic carbocycles. The topological polar surface area (TPSA) is 0 Å². The molecule has 1 atom stereocenters. The molecule has 0 amide bonds. The lowest BCUT2D eigenvalue weighted by molar-refractivity contribution is 0.625. The molecule has 0 bridgehead atoms. The van der Waals surface area contributed by atoms with E-state index in [0.29, 0.717) is 5.92 Å². The Morgan fingerprint density at radius 1 is 1.13 bits per heavy atom. The molecule has 1 aliphatic rings. The Labute approximate surface area is 146 Å². The molecule has 0 spiro atoms. The minimum absolute atomic E-state index is 0.605. The van der Waals surface area contributed by atoms with Gasteiger partial charge in [-0.25, -0.2) is 0 Å². The van der Waals surface area contributed by atoms with E-state index in [0.717, 1.165) is 12.8 Å². The van der Waals surface area contributed by atoms with Crippen LogP contribution in [-0.4, -0.2) is 0 Å². The lowest BCUT2D eigenvalue weighted by atomic mass is 9.95. The summed E-state index contributed by atoms with van der Waals surface area (Å²) in [4.78, 5) is 0. The summed E-state index contributed by atoms with van der Waals surface area (Å²) in [5.74, 6) is 0.605. The van der Waals surface area contributed by atoms with Gasteiger partial charge in [0.05, 0.1) is 0 Å². The van der Waals surface area contributed by atoms with Gasteiger partial charge in [-0.2, -0.15) is 0 Å². The van der Waals surface area contributed by atoms with Crippen LogP contribution in [0, 0.1) is 5.92 Å². The van der Waals surface area contributed by atoms with E-state index in [-0.39, 0.29) is 0 Å². The van der Waals surface area contributed by atoms with E-state index in [9.17, 15) is 0 Å². The highest BCUT2D eigenvalue weighted by atomic mass is 14.1. The highest BCUT2D eigenvalue weighted by Gasteiger charge is 2.03. The normalized spacial score (nSPS) is 13.9. The number of hydrogen-bond donors (Lipinski definition) is 0. The van der Waals surface area contributed by atoms with Gasteiger partial charge in [-0.1, -0.05) is 75.3 Å². The van der Waals surface area contributed by atoms with E-state index < -0.39 is 0 Å². The summed E-state index contributed by atoms with van der Waals surface area (Å²) in [5, 5.41) is 0. The van der Waals surface area contributed by atoms with E-state index in [1.165, 1.54) is 36.0 Å². The summed E-state index contributed by atoms with van der Waals surface area (Å²) >= 11 is 0. The quantitative estimate of drug-likeness (QED) is 0.342. The Balaban J connectivity index is 0. The summed E-state index contributed by atoms with van der Waals surface area (Å²) in [6, 6.07) is 0. The molecule has 1 rings (SSSR count). The zero-order valence-electron chi connectivity index (χ0n) is 16.8. The van der Waals surface area contributed by atoms with Crippen molar-refractivity contribution in [1.29, 1.82) is 0 Å². The molecule has 0 saturated carbocycles. The zero-order chi connectivity index (χ0) is 18.3. The van der Waals surface area contributed by atoms with Crippen LogP contribution in [0.15, 0.2) is 59.8 Å². The molecule has 0 nitrogen and oxygen atoms in total. The van der Waals surface area contributed by atoms with E-state index in [1.54, 1.807) is 5.57 Å². The summed E-state index contributed by atoms with van der Waals surface area (Å²) in [7, 11) is 0. The maximum Gasteiger partial charge on any atom is -0.0198 e. The second-order valence-corrected chi connectivity index (χ2v) is 6.03. The molecule has 132 valence electrons. The molecule has 0 aromatic heterocycles. The van der Waals surface area contributed by atoms with Crippen LogP contribution in [-0.2, 0) is 0 Å². The maximum absolute atomic E-state index is 3.82. The Kier molecular flexibility index (Phi) is 16.2. The highest BCUT2D eigenvalue weighted by Crippen LogP contribution is 2.20. The van der Waals surface area contributed by atoms with Gasteiger partial charge in [-0.3, -0.25) is 0 Å². The van der Waals surface area contributed by atoms with Crippen LogP contribution in [0.1, 0.15) is 80.6 Å². The fourth-order valence-electron chi connectivity index (χ4n) is 2.25. The van der Waals surface area contributed by atoms with Crippen molar-refractivity contribution in [1.82, 2.24) is 0 Å². The van der Waals surface area contributed by atoms with Gasteiger partial charge >= 0.3 is 0 Å². The van der Waals surface area contributed by atoms with E-state index in [1.807, 2.05) is 26.0 Å². The molecule has 0 saturated heterocycles. The lowest BCUT2D eigenvalue weighted by Gasteiger charge is -2.11. The van der Waals surface area contributed by atoms with Gasteiger partial charge in [0, 0.05) is 0 Å². The first-order valence-electron chi connectivity index (χ1n) is 9.24. The van der Waals surface area contributed by atoms with Crippen LogP contribution in [0.5, 0.6) is 0 Å². The minimum atomic E-state index is 0.605. The molecular weight excluding hydrogens is 276 g/mol. The third kappa shape index (κ3) is 11.9. The smallest absolute Gasteiger partial charge is 0.0198 e. The molecule has 1 unspecified atom stereocenters. The number of allylic oxidation sites excluding steroid dienone is 8. The summed E-state index contributed by atoms with van der Waals surface area (Å²) < 4.78 is 0. The molecule has 0 heteroatoms. The molecule has 0 radical (unpaired) electrons. The van der Waals surface area contributed by atoms with Crippen LogP contribution in [0.3, 0.4) is 0 Å². The van der Waals surface area contributed by atoms with Crippen molar-refractivity contribution < 1.29 is 0 Å². The largest absolute Gasteiger partial charge is 0.103 e. The van der Waals surface area contributed by atoms with Gasteiger partial charge in [-0.05, 0) is 64.4 Å². The van der Waals surface area contributed by atoms with E-state index in [2.05, 4.69) is 59.9 Å². The predicted octanol–water partition coefficient (Wildman–Crippen LogP) is 8.20. The second kappa shape index (κ2) is 15.6. The Hall–Kier alpha value is -1.30. The van der Waals surface area contributed by atoms with Crippen molar-refractivity contribution in [2.24, 2.45) is 5.92 Å². The monoisotopic (exact) mass is 316 g/mol. The summed E-state index contributed by atoms with van der Waals surface area (Å²) in [6.45, 7) is 22.5. The lowest BCUT2D eigenvalue weighted by Crippen LogP contribution is -1.96. The van der Waals surface area contributed by atoms with Crippen LogP contribution < -0.4 is 0 Å². The average molecular weight is 317 g/mol. The van der Waals surface area contributed by atoms with Crippen LogP contribution in [0.4, 0.5) is 0 Å². The highest BCUT2D eigenvalue weighted by molar-refractivity contribution is 5.23. The minimum Gasteiger partial charge on any atom is -0.103 e. The van der Waals surface area contributed by atoms with Crippen molar-refractivity contribution in [3.8, 4) is 0 Å². The van der Waals surface area contributed by atoms with Gasteiger partial charge < -0.3 is 0 Å². The van der Waals surface area contributed by atoms with Gasteiger partial charge in [0.2, 0.25) is 0 Å². The molecule has 0 aromatic rings. The molecule has 0 fully saturated rings. The van der Waals surface area contributed by atoms with Crippen molar-refractivity contribution in [3.63, 3.8) is 0 Å². The molecule has 23 heavy (non-hydrogen) atoms. The zero-order valence-corrected chi connectivity index (χ0v) is 16.8. The first kappa shape index (κ1) is 24.0. The van der Waals surface area contributed by atoms with Crippen LogP contribution in [0.2, 0.25) is 0 Å². The van der Waals surface area contributed by atoms with E-state index >= 15 is 0 Å². The first-order chi connectivity index (χ1) is 11.0. The fourth-order valence-corrected chi connectivity index (χ4v) is 2.25. The second-order valence-electron chi connectivity index (χ2n) is 6.03. The fraction of sp³-hybridized carbons (Fsp3) is 0.565. The molecule has 0 aliphatic heterocycles. The number of hydrogen-bond acceptors (Lipinski definition) is 0. The number of rotatable bonds is 6. The molecule has 0 aromatic carbocycles. The SMILES string of the molecule is C=CC(CC(C=C)CC)=C(C)C.CC.CCC1=CC=C(C)CC1. The van der Waals surface area contributed by atoms with Gasteiger partial charge in [-0.15, -0.1) is 6.58 Å². The van der Waals surface area contributed by atoms with Gasteiger partial charge in [0.1, 0.15) is 0 Å². The molecule has 0 N–H and O–H groups in total. The third-order valence-corrected chi connectivity index (χ3v) is 4.13. The molecule has 0 heterocycles. The van der Waals surface area contributed by atoms with Crippen molar-refractivity contribution in [2.45, 2.75) is 80.6 Å². The Morgan fingerprint density at radius 2 is 1.74 bits per heavy atom. The third-order valence-electron chi connectivity index (χ3n) is 4.13. The van der Waals surface area contributed by atoms with E-state index in [4.69, 9.17) is 0 Å². The average Bonchev–Trinajstić information content (AvgIpc) is 2.59.